The Morgan fingerprint density at radius 1 is 0.905 bits per heavy atom. The molecular formula is C27H29F6N3O6. The van der Waals surface area contributed by atoms with Crippen molar-refractivity contribution in [2.45, 2.75) is 51.0 Å². The molecule has 0 aromatic heterocycles. The average molecular weight is 606 g/mol. The molecule has 0 spiro atoms. The monoisotopic (exact) mass is 605 g/mol. The summed E-state index contributed by atoms with van der Waals surface area (Å²) in [5, 5.41) is 16.2. The third kappa shape index (κ3) is 10.0. The topological polar surface area (TPSA) is 141 Å². The highest BCUT2D eigenvalue weighted by Gasteiger charge is 2.38. The van der Waals surface area contributed by atoms with Gasteiger partial charge in [-0.1, -0.05) is 24.6 Å². The van der Waals surface area contributed by atoms with Crippen molar-refractivity contribution in [2.24, 2.45) is 5.73 Å². The maximum Gasteiger partial charge on any atom is 0.490 e. The van der Waals surface area contributed by atoms with E-state index < -0.39 is 41.7 Å². The third-order valence-electron chi connectivity index (χ3n) is 6.10. The molecule has 2 amide bonds. The zero-order valence-corrected chi connectivity index (χ0v) is 22.2. The van der Waals surface area contributed by atoms with Crippen molar-refractivity contribution in [1.29, 1.82) is 0 Å². The second-order valence-electron chi connectivity index (χ2n) is 9.30. The summed E-state index contributed by atoms with van der Waals surface area (Å²) in [4.78, 5) is 48.9. The van der Waals surface area contributed by atoms with Crippen LogP contribution in [0.1, 0.15) is 52.7 Å². The van der Waals surface area contributed by atoms with Crippen molar-refractivity contribution in [3.05, 3.63) is 64.7 Å². The van der Waals surface area contributed by atoms with E-state index in [1.165, 1.54) is 21.9 Å². The van der Waals surface area contributed by atoms with Gasteiger partial charge in [0.15, 0.2) is 0 Å². The summed E-state index contributed by atoms with van der Waals surface area (Å²) in [6.45, 7) is -0.0947. The molecule has 2 aromatic rings. The van der Waals surface area contributed by atoms with Gasteiger partial charge in [0.05, 0.1) is 29.8 Å². The number of carboxylic acids is 2. The summed E-state index contributed by atoms with van der Waals surface area (Å²) in [6, 6.07) is 9.82. The number of carboxylic acid groups (broad SMARTS) is 2. The van der Waals surface area contributed by atoms with E-state index in [0.717, 1.165) is 37.0 Å². The number of amides is 2. The third-order valence-corrected chi connectivity index (χ3v) is 6.10. The molecular weight excluding hydrogens is 576 g/mol. The average Bonchev–Trinajstić information content (AvgIpc) is 2.99. The maximum absolute atomic E-state index is 13.3. The molecule has 1 aliphatic heterocycles. The van der Waals surface area contributed by atoms with E-state index in [4.69, 9.17) is 20.7 Å². The van der Waals surface area contributed by atoms with Crippen LogP contribution < -0.4 is 10.6 Å². The molecule has 3 rings (SSSR count). The Morgan fingerprint density at radius 2 is 1.57 bits per heavy atom. The van der Waals surface area contributed by atoms with E-state index in [2.05, 4.69) is 0 Å². The van der Waals surface area contributed by atoms with Crippen LogP contribution in [-0.4, -0.2) is 64.7 Å². The first-order valence-corrected chi connectivity index (χ1v) is 12.6. The minimum atomic E-state index is -5.08. The van der Waals surface area contributed by atoms with E-state index in [1.54, 1.807) is 18.2 Å². The fraction of sp³-hybridized carbons (Fsp3) is 0.407. The van der Waals surface area contributed by atoms with Gasteiger partial charge in [-0.25, -0.2) is 4.79 Å². The smallest absolute Gasteiger partial charge is 0.481 e. The minimum Gasteiger partial charge on any atom is -0.481 e. The summed E-state index contributed by atoms with van der Waals surface area (Å²) >= 11 is 0. The fourth-order valence-electron chi connectivity index (χ4n) is 4.03. The lowest BCUT2D eigenvalue weighted by molar-refractivity contribution is -0.192. The quantitative estimate of drug-likeness (QED) is 0.268. The standard InChI is InChI=1S/C25H28F3N3O4.C2HF3O2/c26-25(27,28)19-7-4-6-18(13-19)15-31-21-9-8-17(5-2-1-3-11-29)14-20(21)24(35)30(16-22(31)32)12-10-23(33)34;3-2(4,5)1(6)7/h4,6-9,13-14H,1-3,5,10-12,15-16,29H2,(H,33,34);(H,6,7). The molecule has 0 unspecified atom stereocenters. The number of halogens is 6. The molecule has 4 N–H and O–H groups in total. The second kappa shape index (κ2) is 14.7. The van der Waals surface area contributed by atoms with Crippen LogP contribution in [-0.2, 0) is 33.5 Å². The van der Waals surface area contributed by atoms with Crippen LogP contribution in [0.2, 0.25) is 0 Å². The number of hydrogen-bond donors (Lipinski definition) is 3. The number of alkyl halides is 6. The zero-order valence-electron chi connectivity index (χ0n) is 22.2. The van der Waals surface area contributed by atoms with Crippen LogP contribution in [0.25, 0.3) is 0 Å². The molecule has 42 heavy (non-hydrogen) atoms. The summed E-state index contributed by atoms with van der Waals surface area (Å²) in [7, 11) is 0. The summed E-state index contributed by atoms with van der Waals surface area (Å²) < 4.78 is 71.3. The normalized spacial score (nSPS) is 13.7. The highest BCUT2D eigenvalue weighted by atomic mass is 19.4. The van der Waals surface area contributed by atoms with Crippen molar-refractivity contribution in [2.75, 3.05) is 24.5 Å². The van der Waals surface area contributed by atoms with Crippen LogP contribution in [0.3, 0.4) is 0 Å². The molecule has 2 aromatic carbocycles. The molecule has 9 nitrogen and oxygen atoms in total. The Labute approximate surface area is 236 Å². The molecule has 0 aliphatic carbocycles. The van der Waals surface area contributed by atoms with E-state index in [1.807, 2.05) is 0 Å². The molecule has 230 valence electrons. The first kappa shape index (κ1) is 34.1. The number of unbranched alkanes of at least 4 members (excludes halogenated alkanes) is 2. The number of nitrogens with two attached hydrogens (primary N) is 1. The van der Waals surface area contributed by atoms with Crippen LogP contribution in [0.15, 0.2) is 42.5 Å². The summed E-state index contributed by atoms with van der Waals surface area (Å²) in [5.41, 5.74) is 6.36. The molecule has 1 aliphatic rings. The first-order valence-electron chi connectivity index (χ1n) is 12.6. The van der Waals surface area contributed by atoms with Gasteiger partial charge in [-0.2, -0.15) is 26.3 Å². The van der Waals surface area contributed by atoms with Gasteiger partial charge in [0.2, 0.25) is 5.91 Å². The van der Waals surface area contributed by atoms with Gasteiger partial charge < -0.3 is 25.7 Å². The van der Waals surface area contributed by atoms with Crippen LogP contribution >= 0.6 is 0 Å². The Bertz CT molecular complexity index is 1280. The van der Waals surface area contributed by atoms with Crippen LogP contribution in [0.5, 0.6) is 0 Å². The van der Waals surface area contributed by atoms with Crippen molar-refractivity contribution >= 4 is 29.4 Å². The van der Waals surface area contributed by atoms with Gasteiger partial charge in [0.25, 0.3) is 5.91 Å². The number of carbonyl (C=O) groups excluding carboxylic acids is 2. The number of benzene rings is 2. The van der Waals surface area contributed by atoms with E-state index in [0.29, 0.717) is 18.7 Å². The number of nitrogens with zero attached hydrogens (tertiary/aromatic N) is 2. The molecule has 1 heterocycles. The SMILES string of the molecule is NCCCCCc1ccc2c(c1)C(=O)N(CCC(=O)O)CC(=O)N2Cc1cccc(C(F)(F)F)c1.O=C(O)C(F)(F)F. The molecule has 15 heteroatoms. The Kier molecular flexibility index (Phi) is 11.9. The van der Waals surface area contributed by atoms with Crippen molar-refractivity contribution in [3.8, 4) is 0 Å². The van der Waals surface area contributed by atoms with Crippen LogP contribution in [0.4, 0.5) is 32.0 Å². The lowest BCUT2D eigenvalue weighted by atomic mass is 10.0. The summed E-state index contributed by atoms with van der Waals surface area (Å²) in [5.74, 6) is -4.85. The fourth-order valence-corrected chi connectivity index (χ4v) is 4.03. The maximum atomic E-state index is 13.3. The molecule has 0 bridgehead atoms. The largest absolute Gasteiger partial charge is 0.490 e. The Balaban J connectivity index is 0.000000782. The number of rotatable bonds is 10. The Hall–Kier alpha value is -4.14. The van der Waals surface area contributed by atoms with Gasteiger partial charge in [-0.15, -0.1) is 0 Å². The van der Waals surface area contributed by atoms with Gasteiger partial charge >= 0.3 is 24.3 Å². The lowest BCUT2D eigenvalue weighted by Crippen LogP contribution is -2.40. The van der Waals surface area contributed by atoms with Gasteiger partial charge in [-0.05, 0) is 61.2 Å². The van der Waals surface area contributed by atoms with E-state index in [9.17, 15) is 40.7 Å². The zero-order chi connectivity index (χ0) is 31.7. The van der Waals surface area contributed by atoms with Crippen molar-refractivity contribution in [1.82, 2.24) is 4.90 Å². The summed E-state index contributed by atoms with van der Waals surface area (Å²) in [6.07, 6.45) is -6.59. The molecule has 0 fully saturated rings. The number of fused-ring (bicyclic) bond motifs is 1. The number of hydrogen-bond acceptors (Lipinski definition) is 5. The van der Waals surface area contributed by atoms with Crippen molar-refractivity contribution in [3.63, 3.8) is 0 Å². The Morgan fingerprint density at radius 3 is 2.14 bits per heavy atom. The predicted octanol–water partition coefficient (Wildman–Crippen LogP) is 4.47. The predicted molar refractivity (Wildman–Crippen MR) is 138 cm³/mol. The van der Waals surface area contributed by atoms with Crippen molar-refractivity contribution < 1.29 is 55.7 Å². The number of aliphatic carboxylic acids is 2. The van der Waals surface area contributed by atoms with E-state index >= 15 is 0 Å². The molecule has 0 saturated carbocycles. The molecule has 0 radical (unpaired) electrons. The number of aryl methyl sites for hydroxylation is 1. The minimum absolute atomic E-state index is 0.155. The molecule has 0 atom stereocenters. The first-order chi connectivity index (χ1) is 19.5. The highest BCUT2D eigenvalue weighted by Crippen LogP contribution is 2.32. The number of carbonyl (C=O) groups is 4. The second-order valence-corrected chi connectivity index (χ2v) is 9.30. The lowest BCUT2D eigenvalue weighted by Gasteiger charge is -2.23. The van der Waals surface area contributed by atoms with Crippen LogP contribution in [0, 0.1) is 0 Å². The van der Waals surface area contributed by atoms with Gasteiger partial charge in [0.1, 0.15) is 6.54 Å². The molecule has 0 saturated heterocycles. The van der Waals surface area contributed by atoms with E-state index in [-0.39, 0.29) is 37.2 Å². The van der Waals surface area contributed by atoms with Gasteiger partial charge in [-0.3, -0.25) is 14.4 Å². The van der Waals surface area contributed by atoms with Gasteiger partial charge in [0, 0.05) is 6.54 Å². The number of anilines is 1. The highest BCUT2D eigenvalue weighted by molar-refractivity contribution is 6.09.